The van der Waals surface area contributed by atoms with Crippen molar-refractivity contribution in [3.63, 3.8) is 0 Å². The Kier molecular flexibility index (Phi) is 4.68. The number of hydrogen-bond acceptors (Lipinski definition) is 3. The van der Waals surface area contributed by atoms with Gasteiger partial charge in [-0.05, 0) is 39.0 Å². The molecule has 1 aromatic rings. The Morgan fingerprint density at radius 2 is 2.10 bits per heavy atom. The number of carbonyl (C=O) groups is 1. The maximum atomic E-state index is 12.7. The van der Waals surface area contributed by atoms with Gasteiger partial charge in [0.05, 0.1) is 11.4 Å². The smallest absolute Gasteiger partial charge is 0.274 e. The van der Waals surface area contributed by atoms with Crippen LogP contribution in [0.15, 0.2) is 0 Å². The van der Waals surface area contributed by atoms with Crippen LogP contribution in [-0.4, -0.2) is 33.7 Å². The minimum atomic E-state index is 0.0432. The first-order valence-electron chi connectivity index (χ1n) is 7.70. The standard InChI is InChI=1S/C15H26N4O/c1-4-12-7-6-9-18(10-8-12)15(20)14-13(16)11(3)17-19(14)5-2/h12H,4-10,16H2,1-3H3. The van der Waals surface area contributed by atoms with Gasteiger partial charge in [-0.25, -0.2) is 0 Å². The van der Waals surface area contributed by atoms with Crippen molar-refractivity contribution in [1.29, 1.82) is 0 Å². The van der Waals surface area contributed by atoms with Crippen molar-refractivity contribution in [3.8, 4) is 0 Å². The van der Waals surface area contributed by atoms with Crippen molar-refractivity contribution in [3.05, 3.63) is 11.4 Å². The fourth-order valence-corrected chi connectivity index (χ4v) is 2.98. The summed E-state index contributed by atoms with van der Waals surface area (Å²) in [6, 6.07) is 0. The monoisotopic (exact) mass is 278 g/mol. The molecule has 112 valence electrons. The third-order valence-corrected chi connectivity index (χ3v) is 4.39. The van der Waals surface area contributed by atoms with Gasteiger partial charge in [0, 0.05) is 19.6 Å². The summed E-state index contributed by atoms with van der Waals surface area (Å²) in [6.45, 7) is 8.42. The van der Waals surface area contributed by atoms with Gasteiger partial charge in [0.2, 0.25) is 0 Å². The van der Waals surface area contributed by atoms with Crippen LogP contribution in [0.4, 0.5) is 5.69 Å². The molecule has 1 fully saturated rings. The van der Waals surface area contributed by atoms with Crippen LogP contribution in [0.25, 0.3) is 0 Å². The number of anilines is 1. The first kappa shape index (κ1) is 14.9. The van der Waals surface area contributed by atoms with E-state index in [0.29, 0.717) is 17.9 Å². The van der Waals surface area contributed by atoms with E-state index in [1.807, 2.05) is 18.7 Å². The van der Waals surface area contributed by atoms with Crippen molar-refractivity contribution in [2.75, 3.05) is 18.8 Å². The van der Waals surface area contributed by atoms with Crippen LogP contribution in [-0.2, 0) is 6.54 Å². The van der Waals surface area contributed by atoms with Gasteiger partial charge < -0.3 is 10.6 Å². The molecule has 2 rings (SSSR count). The van der Waals surface area contributed by atoms with Crippen molar-refractivity contribution in [1.82, 2.24) is 14.7 Å². The van der Waals surface area contributed by atoms with E-state index in [2.05, 4.69) is 12.0 Å². The lowest BCUT2D eigenvalue weighted by molar-refractivity contribution is 0.0748. The van der Waals surface area contributed by atoms with Crippen LogP contribution in [0.3, 0.4) is 0 Å². The van der Waals surface area contributed by atoms with Crippen LogP contribution in [0.1, 0.15) is 55.7 Å². The molecule has 0 saturated carbocycles. The highest BCUT2D eigenvalue weighted by atomic mass is 16.2. The molecule has 2 heterocycles. The highest BCUT2D eigenvalue weighted by Gasteiger charge is 2.26. The van der Waals surface area contributed by atoms with Crippen LogP contribution >= 0.6 is 0 Å². The van der Waals surface area contributed by atoms with E-state index < -0.39 is 0 Å². The first-order chi connectivity index (χ1) is 9.58. The van der Waals surface area contributed by atoms with E-state index in [9.17, 15) is 4.79 Å². The average molecular weight is 278 g/mol. The summed E-state index contributed by atoms with van der Waals surface area (Å²) in [5.74, 6) is 0.796. The zero-order valence-corrected chi connectivity index (χ0v) is 12.9. The summed E-state index contributed by atoms with van der Waals surface area (Å²) in [7, 11) is 0. The Hall–Kier alpha value is -1.52. The number of hydrogen-bond donors (Lipinski definition) is 1. The van der Waals surface area contributed by atoms with Crippen LogP contribution in [0.2, 0.25) is 0 Å². The maximum Gasteiger partial charge on any atom is 0.274 e. The predicted molar refractivity (Wildman–Crippen MR) is 80.6 cm³/mol. The van der Waals surface area contributed by atoms with Gasteiger partial charge in [-0.15, -0.1) is 0 Å². The Balaban J connectivity index is 2.19. The minimum absolute atomic E-state index is 0.0432. The first-order valence-corrected chi connectivity index (χ1v) is 7.70. The zero-order valence-electron chi connectivity index (χ0n) is 12.9. The lowest BCUT2D eigenvalue weighted by Gasteiger charge is -2.21. The van der Waals surface area contributed by atoms with Gasteiger partial charge in [0.15, 0.2) is 0 Å². The summed E-state index contributed by atoms with van der Waals surface area (Å²) >= 11 is 0. The molecule has 20 heavy (non-hydrogen) atoms. The number of aromatic nitrogens is 2. The maximum absolute atomic E-state index is 12.7. The molecule has 5 heteroatoms. The molecule has 0 aromatic carbocycles. The van der Waals surface area contributed by atoms with Crippen molar-refractivity contribution in [2.45, 2.75) is 53.0 Å². The van der Waals surface area contributed by atoms with Gasteiger partial charge >= 0.3 is 0 Å². The highest BCUT2D eigenvalue weighted by Crippen LogP contribution is 2.24. The van der Waals surface area contributed by atoms with E-state index in [-0.39, 0.29) is 5.91 Å². The molecule has 0 radical (unpaired) electrons. The fraction of sp³-hybridized carbons (Fsp3) is 0.733. The zero-order chi connectivity index (χ0) is 14.7. The molecule has 0 aliphatic carbocycles. The molecule has 1 saturated heterocycles. The number of nitrogens with zero attached hydrogens (tertiary/aromatic N) is 3. The van der Waals surface area contributed by atoms with Gasteiger partial charge in [-0.2, -0.15) is 5.10 Å². The number of aryl methyl sites for hydroxylation is 2. The van der Waals surface area contributed by atoms with Gasteiger partial charge in [-0.1, -0.05) is 13.3 Å². The Labute approximate surface area is 121 Å². The molecule has 1 aliphatic heterocycles. The highest BCUT2D eigenvalue weighted by molar-refractivity contribution is 5.98. The number of likely N-dealkylation sites (tertiary alicyclic amines) is 1. The molecule has 1 aliphatic rings. The van der Waals surface area contributed by atoms with Gasteiger partial charge in [0.25, 0.3) is 5.91 Å². The second-order valence-electron chi connectivity index (χ2n) is 5.66. The quantitative estimate of drug-likeness (QED) is 0.923. The van der Waals surface area contributed by atoms with E-state index in [1.165, 1.54) is 12.8 Å². The molecular weight excluding hydrogens is 252 g/mol. The van der Waals surface area contributed by atoms with Crippen molar-refractivity contribution in [2.24, 2.45) is 5.92 Å². The van der Waals surface area contributed by atoms with E-state index in [0.717, 1.165) is 37.5 Å². The Bertz CT molecular complexity index is 480. The second-order valence-corrected chi connectivity index (χ2v) is 5.66. The summed E-state index contributed by atoms with van der Waals surface area (Å²) in [6.07, 6.45) is 4.61. The van der Waals surface area contributed by atoms with Crippen molar-refractivity contribution >= 4 is 11.6 Å². The van der Waals surface area contributed by atoms with E-state index >= 15 is 0 Å². The van der Waals surface area contributed by atoms with Gasteiger partial charge in [0.1, 0.15) is 5.69 Å². The lowest BCUT2D eigenvalue weighted by Crippen LogP contribution is -2.34. The summed E-state index contributed by atoms with van der Waals surface area (Å²) < 4.78 is 1.73. The van der Waals surface area contributed by atoms with Crippen LogP contribution in [0, 0.1) is 12.8 Å². The summed E-state index contributed by atoms with van der Waals surface area (Å²) in [4.78, 5) is 14.7. The SMILES string of the molecule is CCC1CCCN(C(=O)c2c(N)c(C)nn2CC)CC1. The fourth-order valence-electron chi connectivity index (χ4n) is 2.98. The van der Waals surface area contributed by atoms with E-state index in [1.54, 1.807) is 4.68 Å². The third-order valence-electron chi connectivity index (χ3n) is 4.39. The molecule has 0 bridgehead atoms. The molecule has 1 aromatic heterocycles. The Morgan fingerprint density at radius 3 is 2.75 bits per heavy atom. The lowest BCUT2D eigenvalue weighted by atomic mass is 9.98. The molecule has 1 amide bonds. The molecule has 2 N–H and O–H groups in total. The minimum Gasteiger partial charge on any atom is -0.395 e. The van der Waals surface area contributed by atoms with Crippen LogP contribution in [0.5, 0.6) is 0 Å². The normalized spacial score (nSPS) is 19.9. The number of amides is 1. The molecular formula is C15H26N4O. The Morgan fingerprint density at radius 1 is 1.35 bits per heavy atom. The number of rotatable bonds is 3. The largest absolute Gasteiger partial charge is 0.395 e. The topological polar surface area (TPSA) is 64.2 Å². The third kappa shape index (κ3) is 2.81. The number of nitrogen functional groups attached to an aromatic ring is 1. The molecule has 0 spiro atoms. The average Bonchev–Trinajstić information content (AvgIpc) is 2.64. The second kappa shape index (κ2) is 6.29. The molecule has 5 nitrogen and oxygen atoms in total. The number of carbonyl (C=O) groups excluding carboxylic acids is 1. The summed E-state index contributed by atoms with van der Waals surface area (Å²) in [5, 5.41) is 4.34. The summed E-state index contributed by atoms with van der Waals surface area (Å²) in [5.41, 5.74) is 7.90. The van der Waals surface area contributed by atoms with Crippen molar-refractivity contribution < 1.29 is 4.79 Å². The number of nitrogens with two attached hydrogens (primary N) is 1. The molecule has 1 unspecified atom stereocenters. The van der Waals surface area contributed by atoms with Gasteiger partial charge in [-0.3, -0.25) is 9.48 Å². The molecule has 1 atom stereocenters. The predicted octanol–water partition coefficient (Wildman–Crippen LogP) is 2.45. The van der Waals surface area contributed by atoms with E-state index in [4.69, 9.17) is 5.73 Å². The van der Waals surface area contributed by atoms with Crippen LogP contribution < -0.4 is 5.73 Å².